The summed E-state index contributed by atoms with van der Waals surface area (Å²) in [6.45, 7) is 2.20. The van der Waals surface area contributed by atoms with Gasteiger partial charge in [0.15, 0.2) is 0 Å². The summed E-state index contributed by atoms with van der Waals surface area (Å²) in [6.07, 6.45) is 25.0. The molecule has 0 aliphatic carbocycles. The molecule has 1 unspecified atom stereocenters. The number of allylic oxidation sites excluding steroid dienone is 6. The molecule has 0 aliphatic rings. The Hall–Kier alpha value is -1.82. The third-order valence-corrected chi connectivity index (χ3v) is 5.20. The lowest BCUT2D eigenvalue weighted by atomic mass is 10.2. The van der Waals surface area contributed by atoms with Gasteiger partial charge in [-0.05, 0) is 62.9 Å². The zero-order chi connectivity index (χ0) is 21.6. The minimum atomic E-state index is -0.771. The van der Waals surface area contributed by atoms with Crippen LogP contribution in [0.2, 0.25) is 0 Å². The van der Waals surface area contributed by atoms with Gasteiger partial charge in [0, 0.05) is 10.7 Å². The zero-order valence-electron chi connectivity index (χ0n) is 17.7. The first-order valence-electron chi connectivity index (χ1n) is 10.6. The standard InChI is InChI=1S/C23H37NO4S/c1-2-3-4-5-6-7-8-9-10-11-14-17-22(24(27)28)18-15-12-13-16-20-29-21-19-23(25)26/h6-7,9-10,14-15,17-18,22H,2-5,8,11-13,16,19-21H2,1H3,(H,25,26)/b7-6+,10-9+,17-14+,18-15+. The molecule has 1 N–H and O–H groups in total. The van der Waals surface area contributed by atoms with E-state index in [9.17, 15) is 14.9 Å². The largest absolute Gasteiger partial charge is 0.481 e. The van der Waals surface area contributed by atoms with Crippen LogP contribution < -0.4 is 0 Å². The summed E-state index contributed by atoms with van der Waals surface area (Å²) in [5.74, 6) is 0.813. The van der Waals surface area contributed by atoms with Crippen LogP contribution in [0, 0.1) is 10.1 Å². The number of nitrogens with zero attached hydrogens (tertiary/aromatic N) is 1. The van der Waals surface area contributed by atoms with Crippen molar-refractivity contribution in [2.45, 2.75) is 77.2 Å². The van der Waals surface area contributed by atoms with Crippen molar-refractivity contribution in [2.24, 2.45) is 0 Å². The van der Waals surface area contributed by atoms with Crippen LogP contribution in [-0.4, -0.2) is 33.5 Å². The molecule has 5 nitrogen and oxygen atoms in total. The molecule has 0 spiro atoms. The predicted octanol–water partition coefficient (Wildman–Crippen LogP) is 6.60. The molecule has 0 heterocycles. The highest BCUT2D eigenvalue weighted by molar-refractivity contribution is 7.99. The highest BCUT2D eigenvalue weighted by atomic mass is 32.2. The maximum Gasteiger partial charge on any atom is 0.304 e. The second-order valence-electron chi connectivity index (χ2n) is 6.79. The molecule has 0 aromatic rings. The van der Waals surface area contributed by atoms with Crippen LogP contribution in [0.3, 0.4) is 0 Å². The van der Waals surface area contributed by atoms with E-state index in [1.165, 1.54) is 19.3 Å². The first-order valence-corrected chi connectivity index (χ1v) is 11.8. The van der Waals surface area contributed by atoms with E-state index < -0.39 is 12.0 Å². The Morgan fingerprint density at radius 2 is 1.55 bits per heavy atom. The Morgan fingerprint density at radius 1 is 0.931 bits per heavy atom. The van der Waals surface area contributed by atoms with Crippen LogP contribution in [0.1, 0.15) is 71.1 Å². The lowest BCUT2D eigenvalue weighted by molar-refractivity contribution is -0.496. The number of rotatable bonds is 19. The summed E-state index contributed by atoms with van der Waals surface area (Å²) in [6, 6.07) is -0.771. The van der Waals surface area contributed by atoms with Crippen molar-refractivity contribution in [3.8, 4) is 0 Å². The molecule has 164 valence electrons. The molecule has 0 amide bonds. The highest BCUT2D eigenvalue weighted by Crippen LogP contribution is 2.09. The monoisotopic (exact) mass is 423 g/mol. The maximum atomic E-state index is 11.1. The van der Waals surface area contributed by atoms with Crippen molar-refractivity contribution in [3.63, 3.8) is 0 Å². The molecule has 0 aromatic carbocycles. The smallest absolute Gasteiger partial charge is 0.304 e. The van der Waals surface area contributed by atoms with Gasteiger partial charge in [-0.1, -0.05) is 56.2 Å². The van der Waals surface area contributed by atoms with Gasteiger partial charge in [-0.3, -0.25) is 14.9 Å². The number of unbranched alkanes of at least 4 members (excludes halogenated alkanes) is 5. The highest BCUT2D eigenvalue weighted by Gasteiger charge is 2.09. The lowest BCUT2D eigenvalue weighted by Gasteiger charge is -2.00. The average molecular weight is 424 g/mol. The summed E-state index contributed by atoms with van der Waals surface area (Å²) >= 11 is 1.64. The van der Waals surface area contributed by atoms with Crippen LogP contribution in [0.25, 0.3) is 0 Å². The van der Waals surface area contributed by atoms with Gasteiger partial charge in [-0.15, -0.1) is 0 Å². The second kappa shape index (κ2) is 20.9. The summed E-state index contributed by atoms with van der Waals surface area (Å²) in [4.78, 5) is 21.2. The minimum absolute atomic E-state index is 0.201. The van der Waals surface area contributed by atoms with E-state index in [4.69, 9.17) is 5.11 Å². The number of nitro groups is 1. The maximum absolute atomic E-state index is 11.1. The molecule has 29 heavy (non-hydrogen) atoms. The minimum Gasteiger partial charge on any atom is -0.481 e. The van der Waals surface area contributed by atoms with E-state index in [1.807, 2.05) is 18.2 Å². The first-order chi connectivity index (χ1) is 14.1. The number of thioether (sulfide) groups is 1. The predicted molar refractivity (Wildman–Crippen MR) is 124 cm³/mol. The fourth-order valence-corrected chi connectivity index (χ4v) is 3.39. The molecule has 0 saturated heterocycles. The third kappa shape index (κ3) is 20.7. The molecule has 0 saturated carbocycles. The van der Waals surface area contributed by atoms with Gasteiger partial charge in [0.05, 0.1) is 6.42 Å². The Balaban J connectivity index is 3.89. The van der Waals surface area contributed by atoms with Gasteiger partial charge in [-0.25, -0.2) is 0 Å². The topological polar surface area (TPSA) is 80.4 Å². The molecule has 0 radical (unpaired) electrons. The van der Waals surface area contributed by atoms with Gasteiger partial charge in [0.2, 0.25) is 6.04 Å². The Kier molecular flexibility index (Phi) is 19.6. The summed E-state index contributed by atoms with van der Waals surface area (Å²) < 4.78 is 0. The number of carbonyl (C=O) groups is 1. The molecule has 0 aliphatic heterocycles. The average Bonchev–Trinajstić information content (AvgIpc) is 2.68. The fraction of sp³-hybridized carbons (Fsp3) is 0.609. The van der Waals surface area contributed by atoms with Crippen molar-refractivity contribution in [3.05, 3.63) is 58.7 Å². The van der Waals surface area contributed by atoms with Crippen LogP contribution in [0.5, 0.6) is 0 Å². The number of hydrogen-bond donors (Lipinski definition) is 1. The van der Waals surface area contributed by atoms with Crippen molar-refractivity contribution < 1.29 is 14.8 Å². The van der Waals surface area contributed by atoms with Crippen LogP contribution >= 0.6 is 11.8 Å². The molecular formula is C23H37NO4S. The molecule has 1 atom stereocenters. The first kappa shape index (κ1) is 27.2. The number of carboxylic acid groups (broad SMARTS) is 1. The van der Waals surface area contributed by atoms with E-state index in [-0.39, 0.29) is 11.3 Å². The molecular weight excluding hydrogens is 386 g/mol. The molecule has 0 aromatic heterocycles. The van der Waals surface area contributed by atoms with E-state index in [1.54, 1.807) is 23.9 Å². The zero-order valence-corrected chi connectivity index (χ0v) is 18.5. The van der Waals surface area contributed by atoms with E-state index in [2.05, 4.69) is 25.2 Å². The second-order valence-corrected chi connectivity index (χ2v) is 8.02. The molecule has 6 heteroatoms. The molecule has 0 bridgehead atoms. The van der Waals surface area contributed by atoms with E-state index in [0.29, 0.717) is 12.2 Å². The quantitative estimate of drug-likeness (QED) is 0.110. The van der Waals surface area contributed by atoms with E-state index >= 15 is 0 Å². The van der Waals surface area contributed by atoms with Gasteiger partial charge in [0.25, 0.3) is 0 Å². The SMILES string of the molecule is CCCCC/C=C/C/C=C/C/C=C/C(/C=C/CCCCSCCC(=O)O)[N+](=O)[O-]. The molecule has 0 rings (SSSR count). The van der Waals surface area contributed by atoms with Crippen molar-refractivity contribution in [1.82, 2.24) is 0 Å². The van der Waals surface area contributed by atoms with Crippen LogP contribution in [0.4, 0.5) is 0 Å². The van der Waals surface area contributed by atoms with Crippen LogP contribution in [-0.2, 0) is 4.79 Å². The van der Waals surface area contributed by atoms with Gasteiger partial charge < -0.3 is 5.11 Å². The van der Waals surface area contributed by atoms with E-state index in [0.717, 1.165) is 37.9 Å². The van der Waals surface area contributed by atoms with Crippen molar-refractivity contribution >= 4 is 17.7 Å². The Morgan fingerprint density at radius 3 is 2.24 bits per heavy atom. The van der Waals surface area contributed by atoms with Crippen LogP contribution in [0.15, 0.2) is 48.6 Å². The van der Waals surface area contributed by atoms with Crippen molar-refractivity contribution in [1.29, 1.82) is 0 Å². The number of aliphatic carboxylic acids is 1. The van der Waals surface area contributed by atoms with Gasteiger partial charge in [0.1, 0.15) is 0 Å². The summed E-state index contributed by atoms with van der Waals surface area (Å²) in [5.41, 5.74) is 0. The Labute approximate surface area is 180 Å². The third-order valence-electron chi connectivity index (χ3n) is 4.13. The number of carboxylic acids is 1. The normalized spacial score (nSPS) is 13.3. The Bertz CT molecular complexity index is 541. The van der Waals surface area contributed by atoms with Gasteiger partial charge in [-0.2, -0.15) is 11.8 Å². The number of hydrogen-bond acceptors (Lipinski definition) is 4. The van der Waals surface area contributed by atoms with Crippen molar-refractivity contribution in [2.75, 3.05) is 11.5 Å². The summed E-state index contributed by atoms with van der Waals surface area (Å²) in [7, 11) is 0. The fourth-order valence-electron chi connectivity index (χ4n) is 2.46. The van der Waals surface area contributed by atoms with Gasteiger partial charge >= 0.3 is 5.97 Å². The molecule has 0 fully saturated rings. The summed E-state index contributed by atoms with van der Waals surface area (Å²) in [5, 5.41) is 19.7. The lowest BCUT2D eigenvalue weighted by Crippen LogP contribution is -2.13.